The Morgan fingerprint density at radius 1 is 1.45 bits per heavy atom. The summed E-state index contributed by atoms with van der Waals surface area (Å²) in [6.07, 6.45) is 1.13. The number of nitrogens with two attached hydrogens (primary N) is 1. The van der Waals surface area contributed by atoms with Crippen molar-refractivity contribution in [2.75, 3.05) is 17.6 Å². The van der Waals surface area contributed by atoms with Gasteiger partial charge in [-0.2, -0.15) is 0 Å². The molecule has 3 N–H and O–H groups in total. The highest BCUT2D eigenvalue weighted by Crippen LogP contribution is 2.11. The van der Waals surface area contributed by atoms with Gasteiger partial charge in [-0.1, -0.05) is 13.0 Å². The first-order valence-corrected chi connectivity index (χ1v) is 3.92. The monoisotopic (exact) mass is 150 g/mol. The van der Waals surface area contributed by atoms with Gasteiger partial charge >= 0.3 is 0 Å². The van der Waals surface area contributed by atoms with Crippen molar-refractivity contribution in [1.29, 1.82) is 0 Å². The summed E-state index contributed by atoms with van der Waals surface area (Å²) in [4.78, 5) is 0. The molecule has 2 nitrogen and oxygen atoms in total. The van der Waals surface area contributed by atoms with Crippen LogP contribution in [0.15, 0.2) is 24.3 Å². The number of nitrogen functional groups attached to an aromatic ring is 1. The molecule has 0 aromatic heterocycles. The van der Waals surface area contributed by atoms with E-state index in [0.29, 0.717) is 0 Å². The van der Waals surface area contributed by atoms with Crippen molar-refractivity contribution in [3.8, 4) is 0 Å². The highest BCUT2D eigenvalue weighted by molar-refractivity contribution is 5.53. The van der Waals surface area contributed by atoms with Gasteiger partial charge in [-0.05, 0) is 24.6 Å². The van der Waals surface area contributed by atoms with Crippen LogP contribution in [0.1, 0.15) is 13.3 Å². The molecule has 0 bridgehead atoms. The number of anilines is 2. The van der Waals surface area contributed by atoms with Gasteiger partial charge in [0, 0.05) is 17.9 Å². The quantitative estimate of drug-likeness (QED) is 0.647. The molecule has 0 saturated carbocycles. The molecule has 0 spiro atoms. The van der Waals surface area contributed by atoms with Crippen LogP contribution in [-0.4, -0.2) is 6.54 Å². The third-order valence-electron chi connectivity index (χ3n) is 1.47. The number of hydrogen-bond acceptors (Lipinski definition) is 2. The van der Waals surface area contributed by atoms with E-state index in [9.17, 15) is 0 Å². The predicted octanol–water partition coefficient (Wildman–Crippen LogP) is 2.09. The molecule has 0 aliphatic rings. The van der Waals surface area contributed by atoms with Crippen LogP contribution in [0, 0.1) is 0 Å². The van der Waals surface area contributed by atoms with E-state index in [0.717, 1.165) is 24.3 Å². The van der Waals surface area contributed by atoms with Crippen molar-refractivity contribution in [3.05, 3.63) is 24.3 Å². The number of hydrogen-bond donors (Lipinski definition) is 2. The molecule has 60 valence electrons. The van der Waals surface area contributed by atoms with Gasteiger partial charge in [0.1, 0.15) is 0 Å². The van der Waals surface area contributed by atoms with Crippen LogP contribution < -0.4 is 11.1 Å². The molecule has 0 aliphatic heterocycles. The molecular weight excluding hydrogens is 136 g/mol. The van der Waals surface area contributed by atoms with Crippen molar-refractivity contribution in [3.63, 3.8) is 0 Å². The Labute approximate surface area is 67.4 Å². The zero-order valence-corrected chi connectivity index (χ0v) is 6.80. The molecule has 1 rings (SSSR count). The van der Waals surface area contributed by atoms with Crippen LogP contribution in [0.2, 0.25) is 0 Å². The molecule has 0 fully saturated rings. The minimum atomic E-state index is 0.811. The summed E-state index contributed by atoms with van der Waals surface area (Å²) in [7, 11) is 0. The van der Waals surface area contributed by atoms with Crippen LogP contribution in [0.5, 0.6) is 0 Å². The molecule has 2 heteroatoms. The van der Waals surface area contributed by atoms with Gasteiger partial charge in [0.15, 0.2) is 0 Å². The van der Waals surface area contributed by atoms with Crippen LogP contribution in [-0.2, 0) is 0 Å². The van der Waals surface area contributed by atoms with E-state index in [1.54, 1.807) is 0 Å². The minimum absolute atomic E-state index is 0.811. The van der Waals surface area contributed by atoms with E-state index in [1.165, 1.54) is 0 Å². The maximum Gasteiger partial charge on any atom is 0.0360 e. The average Bonchev–Trinajstić information content (AvgIpc) is 2.01. The summed E-state index contributed by atoms with van der Waals surface area (Å²) >= 11 is 0. The third kappa shape index (κ3) is 2.50. The molecule has 0 atom stereocenters. The first kappa shape index (κ1) is 7.92. The smallest absolute Gasteiger partial charge is 0.0360 e. The van der Waals surface area contributed by atoms with E-state index in [-0.39, 0.29) is 0 Å². The maximum absolute atomic E-state index is 5.59. The van der Waals surface area contributed by atoms with Crippen molar-refractivity contribution >= 4 is 11.4 Å². The summed E-state index contributed by atoms with van der Waals surface area (Å²) in [5.74, 6) is 0. The first-order valence-electron chi connectivity index (χ1n) is 3.92. The average molecular weight is 150 g/mol. The van der Waals surface area contributed by atoms with Crippen LogP contribution >= 0.6 is 0 Å². The van der Waals surface area contributed by atoms with E-state index in [1.807, 2.05) is 24.3 Å². The summed E-state index contributed by atoms with van der Waals surface area (Å²) in [6.45, 7) is 3.14. The second-order valence-electron chi connectivity index (χ2n) is 2.55. The Morgan fingerprint density at radius 2 is 2.27 bits per heavy atom. The lowest BCUT2D eigenvalue weighted by Crippen LogP contribution is -1.99. The summed E-state index contributed by atoms with van der Waals surface area (Å²) in [5.41, 5.74) is 7.51. The molecule has 0 radical (unpaired) electrons. The zero-order chi connectivity index (χ0) is 8.10. The van der Waals surface area contributed by atoms with Gasteiger partial charge in [-0.15, -0.1) is 0 Å². The lowest BCUT2D eigenvalue weighted by molar-refractivity contribution is 0.980. The van der Waals surface area contributed by atoms with Crippen molar-refractivity contribution in [2.24, 2.45) is 0 Å². The van der Waals surface area contributed by atoms with E-state index in [4.69, 9.17) is 5.73 Å². The summed E-state index contributed by atoms with van der Waals surface area (Å²) < 4.78 is 0. The van der Waals surface area contributed by atoms with Gasteiger partial charge in [0.25, 0.3) is 0 Å². The summed E-state index contributed by atoms with van der Waals surface area (Å²) in [6, 6.07) is 7.80. The van der Waals surface area contributed by atoms with E-state index >= 15 is 0 Å². The first-order chi connectivity index (χ1) is 5.33. The SMILES string of the molecule is CCCNc1cccc(N)c1. The normalized spacial score (nSPS) is 9.55. The van der Waals surface area contributed by atoms with Gasteiger partial charge in [-0.25, -0.2) is 0 Å². The maximum atomic E-state index is 5.59. The molecule has 0 saturated heterocycles. The fourth-order valence-electron chi connectivity index (χ4n) is 0.918. The van der Waals surface area contributed by atoms with Crippen LogP contribution in [0.4, 0.5) is 11.4 Å². The minimum Gasteiger partial charge on any atom is -0.399 e. The van der Waals surface area contributed by atoms with Gasteiger partial charge < -0.3 is 11.1 Å². The Balaban J connectivity index is 2.56. The Hall–Kier alpha value is -1.18. The standard InChI is InChI=1S/C9H14N2/c1-2-6-11-9-5-3-4-8(10)7-9/h3-5,7,11H,2,6,10H2,1H3. The molecule has 1 aromatic carbocycles. The van der Waals surface area contributed by atoms with Crippen molar-refractivity contribution in [2.45, 2.75) is 13.3 Å². The molecule has 0 amide bonds. The lowest BCUT2D eigenvalue weighted by atomic mass is 10.3. The topological polar surface area (TPSA) is 38.0 Å². The molecule has 1 aromatic rings. The Bertz CT molecular complexity index is 221. The molecule has 0 unspecified atom stereocenters. The second-order valence-corrected chi connectivity index (χ2v) is 2.55. The molecule has 0 heterocycles. The van der Waals surface area contributed by atoms with Gasteiger partial charge in [0.2, 0.25) is 0 Å². The second kappa shape index (κ2) is 3.86. The van der Waals surface area contributed by atoms with Gasteiger partial charge in [0.05, 0.1) is 0 Å². The van der Waals surface area contributed by atoms with Crippen LogP contribution in [0.3, 0.4) is 0 Å². The fourth-order valence-corrected chi connectivity index (χ4v) is 0.918. The van der Waals surface area contributed by atoms with Crippen molar-refractivity contribution in [1.82, 2.24) is 0 Å². The molecule has 11 heavy (non-hydrogen) atoms. The Morgan fingerprint density at radius 3 is 2.91 bits per heavy atom. The molecular formula is C9H14N2. The highest BCUT2D eigenvalue weighted by atomic mass is 14.9. The summed E-state index contributed by atoms with van der Waals surface area (Å²) in [5, 5.41) is 3.26. The number of nitrogens with one attached hydrogen (secondary N) is 1. The van der Waals surface area contributed by atoms with Crippen LogP contribution in [0.25, 0.3) is 0 Å². The van der Waals surface area contributed by atoms with E-state index < -0.39 is 0 Å². The third-order valence-corrected chi connectivity index (χ3v) is 1.47. The lowest BCUT2D eigenvalue weighted by Gasteiger charge is -2.03. The fraction of sp³-hybridized carbons (Fsp3) is 0.333. The predicted molar refractivity (Wildman–Crippen MR) is 49.6 cm³/mol. The zero-order valence-electron chi connectivity index (χ0n) is 6.80. The largest absolute Gasteiger partial charge is 0.399 e. The molecule has 0 aliphatic carbocycles. The number of rotatable bonds is 3. The van der Waals surface area contributed by atoms with Gasteiger partial charge in [-0.3, -0.25) is 0 Å². The van der Waals surface area contributed by atoms with Crippen molar-refractivity contribution < 1.29 is 0 Å². The van der Waals surface area contributed by atoms with E-state index in [2.05, 4.69) is 12.2 Å². The Kier molecular flexibility index (Phi) is 2.78. The highest BCUT2D eigenvalue weighted by Gasteiger charge is 1.89. The number of benzene rings is 1.